The highest BCUT2D eigenvalue weighted by molar-refractivity contribution is 9.08. The van der Waals surface area contributed by atoms with Crippen LogP contribution in [0.2, 0.25) is 0 Å². The van der Waals surface area contributed by atoms with Crippen LogP contribution < -0.4 is 0 Å². The number of alkyl halides is 1. The van der Waals surface area contributed by atoms with E-state index in [9.17, 15) is 4.79 Å². The Kier molecular flexibility index (Phi) is 5.57. The smallest absolute Gasteiger partial charge is 0.331 e. The molecule has 1 aromatic carbocycles. The summed E-state index contributed by atoms with van der Waals surface area (Å²) in [6, 6.07) is 7.85. The maximum atomic E-state index is 11.2. The Labute approximate surface area is 104 Å². The van der Waals surface area contributed by atoms with Crippen molar-refractivity contribution in [2.75, 3.05) is 6.61 Å². The summed E-state index contributed by atoms with van der Waals surface area (Å²) in [6.07, 6.45) is 4.71. The fraction of sp³-hybridized carbons (Fsp3) is 0.154. The van der Waals surface area contributed by atoms with Gasteiger partial charge in [-0.15, -0.1) is 0 Å². The first-order chi connectivity index (χ1) is 7.77. The molecule has 0 fully saturated rings. The van der Waals surface area contributed by atoms with Gasteiger partial charge in [0.05, 0.1) is 0 Å². The number of benzene rings is 1. The van der Waals surface area contributed by atoms with E-state index in [4.69, 9.17) is 4.74 Å². The van der Waals surface area contributed by atoms with Crippen LogP contribution in [0.4, 0.5) is 0 Å². The number of halogens is 1. The Morgan fingerprint density at radius 1 is 1.44 bits per heavy atom. The molecule has 0 aromatic heterocycles. The highest BCUT2D eigenvalue weighted by Gasteiger charge is 1.98. The Morgan fingerprint density at radius 3 is 2.88 bits per heavy atom. The summed E-state index contributed by atoms with van der Waals surface area (Å²) < 4.78 is 4.83. The number of ether oxygens (including phenoxy) is 1. The van der Waals surface area contributed by atoms with E-state index in [1.807, 2.05) is 24.3 Å². The van der Waals surface area contributed by atoms with Gasteiger partial charge in [0.2, 0.25) is 0 Å². The average molecular weight is 281 g/mol. The predicted octanol–water partition coefficient (Wildman–Crippen LogP) is 3.32. The normalized spacial score (nSPS) is 10.3. The Balaban J connectivity index is 2.68. The van der Waals surface area contributed by atoms with Crippen LogP contribution in [-0.4, -0.2) is 12.6 Å². The van der Waals surface area contributed by atoms with Gasteiger partial charge in [-0.1, -0.05) is 52.9 Å². The van der Waals surface area contributed by atoms with Gasteiger partial charge in [0, 0.05) is 11.4 Å². The molecule has 0 saturated carbocycles. The van der Waals surface area contributed by atoms with E-state index in [0.29, 0.717) is 0 Å². The third-order valence-electron chi connectivity index (χ3n) is 1.94. The fourth-order valence-electron chi connectivity index (χ4n) is 1.17. The lowest BCUT2D eigenvalue weighted by Gasteiger charge is -2.01. The first kappa shape index (κ1) is 12.7. The minimum atomic E-state index is -0.357. The first-order valence-electron chi connectivity index (χ1n) is 4.87. The first-order valence-corrected chi connectivity index (χ1v) is 5.99. The summed E-state index contributed by atoms with van der Waals surface area (Å²) in [7, 11) is 0. The minimum Gasteiger partial charge on any atom is -0.458 e. The molecule has 1 rings (SSSR count). The SMILES string of the molecule is C=CCOC(=O)C=Cc1ccccc1CBr. The van der Waals surface area contributed by atoms with E-state index in [1.54, 1.807) is 6.08 Å². The molecule has 0 amide bonds. The molecule has 16 heavy (non-hydrogen) atoms. The van der Waals surface area contributed by atoms with Gasteiger partial charge in [-0.25, -0.2) is 4.79 Å². The van der Waals surface area contributed by atoms with E-state index < -0.39 is 0 Å². The molecule has 0 N–H and O–H groups in total. The van der Waals surface area contributed by atoms with Crippen molar-refractivity contribution in [2.24, 2.45) is 0 Å². The topological polar surface area (TPSA) is 26.3 Å². The van der Waals surface area contributed by atoms with Crippen LogP contribution in [0.1, 0.15) is 11.1 Å². The van der Waals surface area contributed by atoms with Gasteiger partial charge < -0.3 is 4.74 Å². The van der Waals surface area contributed by atoms with E-state index in [2.05, 4.69) is 22.5 Å². The largest absolute Gasteiger partial charge is 0.458 e. The van der Waals surface area contributed by atoms with Gasteiger partial charge in [-0.05, 0) is 17.2 Å². The van der Waals surface area contributed by atoms with Crippen LogP contribution >= 0.6 is 15.9 Å². The van der Waals surface area contributed by atoms with E-state index >= 15 is 0 Å². The Bertz CT molecular complexity index is 397. The zero-order chi connectivity index (χ0) is 11.8. The average Bonchev–Trinajstić information content (AvgIpc) is 2.34. The lowest BCUT2D eigenvalue weighted by atomic mass is 10.1. The third-order valence-corrected chi connectivity index (χ3v) is 2.55. The second-order valence-electron chi connectivity index (χ2n) is 3.08. The van der Waals surface area contributed by atoms with Crippen molar-refractivity contribution in [2.45, 2.75) is 5.33 Å². The zero-order valence-electron chi connectivity index (χ0n) is 8.86. The number of hydrogen-bond donors (Lipinski definition) is 0. The maximum Gasteiger partial charge on any atom is 0.331 e. The van der Waals surface area contributed by atoms with Gasteiger partial charge >= 0.3 is 5.97 Å². The number of carbonyl (C=O) groups excluding carboxylic acids is 1. The van der Waals surface area contributed by atoms with Crippen LogP contribution in [-0.2, 0) is 14.9 Å². The quantitative estimate of drug-likeness (QED) is 0.358. The fourth-order valence-corrected chi connectivity index (χ4v) is 1.68. The molecule has 0 aliphatic rings. The molecule has 3 heteroatoms. The van der Waals surface area contributed by atoms with Crippen LogP contribution in [0, 0.1) is 0 Å². The van der Waals surface area contributed by atoms with Gasteiger partial charge in [0.15, 0.2) is 0 Å². The molecule has 0 bridgehead atoms. The molecule has 0 aliphatic heterocycles. The van der Waals surface area contributed by atoms with E-state index in [0.717, 1.165) is 16.5 Å². The number of rotatable bonds is 5. The second kappa shape index (κ2) is 7.01. The minimum absolute atomic E-state index is 0.239. The van der Waals surface area contributed by atoms with Gasteiger partial charge in [-0.2, -0.15) is 0 Å². The molecule has 84 valence electrons. The highest BCUT2D eigenvalue weighted by atomic mass is 79.9. The van der Waals surface area contributed by atoms with E-state index in [1.165, 1.54) is 12.2 Å². The maximum absolute atomic E-state index is 11.2. The van der Waals surface area contributed by atoms with Crippen molar-refractivity contribution < 1.29 is 9.53 Å². The van der Waals surface area contributed by atoms with E-state index in [-0.39, 0.29) is 12.6 Å². The van der Waals surface area contributed by atoms with Gasteiger partial charge in [0.25, 0.3) is 0 Å². The van der Waals surface area contributed by atoms with Crippen molar-refractivity contribution >= 4 is 28.0 Å². The second-order valence-corrected chi connectivity index (χ2v) is 3.65. The molecule has 2 nitrogen and oxygen atoms in total. The molecule has 0 atom stereocenters. The van der Waals surface area contributed by atoms with Crippen LogP contribution in [0.5, 0.6) is 0 Å². The summed E-state index contributed by atoms with van der Waals surface area (Å²) >= 11 is 3.39. The lowest BCUT2D eigenvalue weighted by Crippen LogP contribution is -1.99. The zero-order valence-corrected chi connectivity index (χ0v) is 10.4. The molecule has 1 aromatic rings. The van der Waals surface area contributed by atoms with Crippen molar-refractivity contribution in [3.05, 3.63) is 54.1 Å². The third kappa shape index (κ3) is 4.03. The van der Waals surface area contributed by atoms with Crippen LogP contribution in [0.15, 0.2) is 43.0 Å². The highest BCUT2D eigenvalue weighted by Crippen LogP contribution is 2.13. The lowest BCUT2D eigenvalue weighted by molar-refractivity contribution is -0.136. The molecular weight excluding hydrogens is 268 g/mol. The van der Waals surface area contributed by atoms with Crippen molar-refractivity contribution in [1.29, 1.82) is 0 Å². The number of esters is 1. The monoisotopic (exact) mass is 280 g/mol. The van der Waals surface area contributed by atoms with Crippen molar-refractivity contribution in [1.82, 2.24) is 0 Å². The summed E-state index contributed by atoms with van der Waals surface area (Å²) in [4.78, 5) is 11.2. The summed E-state index contributed by atoms with van der Waals surface area (Å²) in [5.74, 6) is -0.357. The molecular formula is C13H13BrO2. The van der Waals surface area contributed by atoms with Gasteiger partial charge in [-0.3, -0.25) is 0 Å². The molecule has 0 radical (unpaired) electrons. The molecule has 0 saturated heterocycles. The number of carbonyl (C=O) groups is 1. The molecule has 0 heterocycles. The molecule has 0 unspecified atom stereocenters. The predicted molar refractivity (Wildman–Crippen MR) is 69.3 cm³/mol. The van der Waals surface area contributed by atoms with Gasteiger partial charge in [0.1, 0.15) is 6.61 Å². The van der Waals surface area contributed by atoms with Crippen LogP contribution in [0.25, 0.3) is 6.08 Å². The summed E-state index contributed by atoms with van der Waals surface area (Å²) in [5.41, 5.74) is 2.14. The Morgan fingerprint density at radius 2 is 2.19 bits per heavy atom. The Hall–Kier alpha value is -1.35. The standard InChI is InChI=1S/C13H13BrO2/c1-2-9-16-13(15)8-7-11-5-3-4-6-12(11)10-14/h2-8H,1,9-10H2. The number of hydrogen-bond acceptors (Lipinski definition) is 2. The summed E-state index contributed by atoms with van der Waals surface area (Å²) in [6.45, 7) is 3.71. The van der Waals surface area contributed by atoms with Crippen LogP contribution in [0.3, 0.4) is 0 Å². The molecule has 0 spiro atoms. The van der Waals surface area contributed by atoms with Crippen molar-refractivity contribution in [3.63, 3.8) is 0 Å². The molecule has 0 aliphatic carbocycles. The summed E-state index contributed by atoms with van der Waals surface area (Å²) in [5, 5.41) is 0.759. The van der Waals surface area contributed by atoms with Crippen molar-refractivity contribution in [3.8, 4) is 0 Å².